The lowest BCUT2D eigenvalue weighted by Crippen LogP contribution is -2.37. The number of amides is 1. The Kier molecular flexibility index (Phi) is 7.77. The number of fused-ring (bicyclic) bond motifs is 3. The van der Waals surface area contributed by atoms with Gasteiger partial charge in [-0.25, -0.2) is 19.9 Å². The predicted molar refractivity (Wildman–Crippen MR) is 191 cm³/mol. The standard InChI is InChI=1S/C38H33N7O6S/c1-37(2)49-30-26(47-36(31(30)50-37)45-21-44-28-32(39)42-20-43-33(28)45)14-9-15-40-34(46)25-18-22(35-41-16-17-52-35)19-27-29(25)51-38(48-27,23-10-5-3-6-11-23)24-12-7-4-8-13-24/h3-14,16-21,26,30-31,36H,15H2,1-2H3,(H,40,46)(H2,39,42,43)/t26-,30-,31-,36-/m1/s1. The summed E-state index contributed by atoms with van der Waals surface area (Å²) >= 11 is 1.47. The molecule has 0 saturated carbocycles. The molecule has 2 saturated heterocycles. The lowest BCUT2D eigenvalue weighted by Gasteiger charge is -2.28. The third-order valence-corrected chi connectivity index (χ3v) is 10.0. The second kappa shape index (κ2) is 12.5. The Balaban J connectivity index is 0.986. The molecule has 3 N–H and O–H groups in total. The predicted octanol–water partition coefficient (Wildman–Crippen LogP) is 5.61. The van der Waals surface area contributed by atoms with Crippen molar-refractivity contribution in [3.8, 4) is 22.1 Å². The van der Waals surface area contributed by atoms with Crippen LogP contribution in [-0.2, 0) is 20.0 Å². The molecule has 9 rings (SSSR count). The highest BCUT2D eigenvalue weighted by molar-refractivity contribution is 7.13. The van der Waals surface area contributed by atoms with Crippen molar-refractivity contribution < 1.29 is 28.5 Å². The van der Waals surface area contributed by atoms with E-state index in [-0.39, 0.29) is 18.3 Å². The van der Waals surface area contributed by atoms with Gasteiger partial charge in [-0.1, -0.05) is 72.8 Å². The normalized spacial score (nSPS) is 22.6. The monoisotopic (exact) mass is 715 g/mol. The third-order valence-electron chi connectivity index (χ3n) is 9.22. The molecule has 6 heterocycles. The van der Waals surface area contributed by atoms with Gasteiger partial charge in [0, 0.05) is 34.8 Å². The van der Waals surface area contributed by atoms with Crippen LogP contribution < -0.4 is 20.5 Å². The number of imidazole rings is 1. The number of ether oxygens (including phenoxy) is 5. The molecule has 3 aromatic heterocycles. The summed E-state index contributed by atoms with van der Waals surface area (Å²) in [5.41, 5.74) is 9.69. The highest BCUT2D eigenvalue weighted by Gasteiger charge is 2.55. The fourth-order valence-electron chi connectivity index (χ4n) is 6.97. The Morgan fingerprint density at radius 3 is 2.44 bits per heavy atom. The van der Waals surface area contributed by atoms with Gasteiger partial charge in [0.25, 0.3) is 5.91 Å². The smallest absolute Gasteiger partial charge is 0.305 e. The van der Waals surface area contributed by atoms with Crippen molar-refractivity contribution in [3.63, 3.8) is 0 Å². The van der Waals surface area contributed by atoms with E-state index in [1.165, 1.54) is 17.7 Å². The number of carbonyl (C=O) groups is 1. The molecule has 4 atom stereocenters. The number of aromatic nitrogens is 5. The quantitative estimate of drug-likeness (QED) is 0.189. The molecule has 0 unspecified atom stereocenters. The Hall–Kier alpha value is -5.67. The van der Waals surface area contributed by atoms with E-state index in [1.807, 2.05) is 98.1 Å². The van der Waals surface area contributed by atoms with Crippen LogP contribution in [0.1, 0.15) is 41.6 Å². The fourth-order valence-corrected chi connectivity index (χ4v) is 7.60. The van der Waals surface area contributed by atoms with Crippen molar-refractivity contribution in [2.24, 2.45) is 0 Å². The van der Waals surface area contributed by atoms with Crippen molar-refractivity contribution in [1.82, 2.24) is 29.8 Å². The van der Waals surface area contributed by atoms with Gasteiger partial charge in [-0.15, -0.1) is 11.3 Å². The lowest BCUT2D eigenvalue weighted by molar-refractivity contribution is -0.191. The van der Waals surface area contributed by atoms with Gasteiger partial charge in [-0.2, -0.15) is 0 Å². The Labute approximate surface area is 302 Å². The largest absolute Gasteiger partial charge is 0.440 e. The first kappa shape index (κ1) is 32.3. The summed E-state index contributed by atoms with van der Waals surface area (Å²) in [4.78, 5) is 31.3. The second-order valence-electron chi connectivity index (χ2n) is 13.0. The van der Waals surface area contributed by atoms with E-state index in [9.17, 15) is 4.79 Å². The number of rotatable bonds is 8. The van der Waals surface area contributed by atoms with Crippen LogP contribution in [0.4, 0.5) is 5.82 Å². The topological polar surface area (TPSA) is 158 Å². The first-order valence-electron chi connectivity index (χ1n) is 16.8. The maximum atomic E-state index is 14.0. The molecule has 6 aromatic rings. The second-order valence-corrected chi connectivity index (χ2v) is 13.9. The number of benzene rings is 3. The van der Waals surface area contributed by atoms with Crippen molar-refractivity contribution in [1.29, 1.82) is 0 Å². The Bertz CT molecular complexity index is 2260. The number of thiazole rings is 1. The molecule has 1 amide bonds. The summed E-state index contributed by atoms with van der Waals surface area (Å²) in [6, 6.07) is 23.1. The van der Waals surface area contributed by atoms with Gasteiger partial charge in [0.1, 0.15) is 35.2 Å². The van der Waals surface area contributed by atoms with E-state index in [1.54, 1.807) is 23.2 Å². The summed E-state index contributed by atoms with van der Waals surface area (Å²) in [6.07, 6.45) is 6.50. The highest BCUT2D eigenvalue weighted by Crippen LogP contribution is 2.51. The number of hydrogen-bond donors (Lipinski definition) is 2. The summed E-state index contributed by atoms with van der Waals surface area (Å²) in [5, 5.41) is 5.67. The van der Waals surface area contributed by atoms with E-state index in [2.05, 4.69) is 25.3 Å². The molecule has 14 heteroatoms. The van der Waals surface area contributed by atoms with Crippen LogP contribution >= 0.6 is 11.3 Å². The number of hydrogen-bond acceptors (Lipinski definition) is 12. The lowest BCUT2D eigenvalue weighted by atomic mass is 9.97. The first-order chi connectivity index (χ1) is 25.3. The van der Waals surface area contributed by atoms with Crippen LogP contribution in [0.2, 0.25) is 0 Å². The fraction of sp³-hybridized carbons (Fsp3) is 0.237. The highest BCUT2D eigenvalue weighted by atomic mass is 32.1. The summed E-state index contributed by atoms with van der Waals surface area (Å²) in [7, 11) is 0. The van der Waals surface area contributed by atoms with Gasteiger partial charge < -0.3 is 34.7 Å². The molecule has 52 heavy (non-hydrogen) atoms. The van der Waals surface area contributed by atoms with Crippen LogP contribution in [0, 0.1) is 0 Å². The average Bonchev–Trinajstić information content (AvgIpc) is 3.99. The Morgan fingerprint density at radius 1 is 0.962 bits per heavy atom. The number of carbonyl (C=O) groups excluding carboxylic acids is 1. The van der Waals surface area contributed by atoms with Crippen LogP contribution in [-0.4, -0.2) is 61.1 Å². The SMILES string of the molecule is CC1(C)O[C@@H]2[C@H](O1)[C@@H](C=CCNC(=O)c1cc(-c3nccs3)cc3c1OC(c1ccccc1)(c1ccccc1)O3)O[C@H]2n1cnc2c(N)ncnc21. The molecule has 0 bridgehead atoms. The minimum absolute atomic E-state index is 0.197. The van der Waals surface area contributed by atoms with Crippen LogP contribution in [0.15, 0.2) is 109 Å². The molecular weight excluding hydrogens is 683 g/mol. The van der Waals surface area contributed by atoms with E-state index in [0.717, 1.165) is 21.7 Å². The first-order valence-corrected chi connectivity index (χ1v) is 17.6. The maximum Gasteiger partial charge on any atom is 0.305 e. The number of nitrogens with two attached hydrogens (primary N) is 1. The molecule has 0 spiro atoms. The van der Waals surface area contributed by atoms with Crippen molar-refractivity contribution >= 4 is 34.2 Å². The summed E-state index contributed by atoms with van der Waals surface area (Å²) in [6.45, 7) is 3.93. The van der Waals surface area contributed by atoms with E-state index in [0.29, 0.717) is 28.2 Å². The molecular formula is C38H33N7O6S. The van der Waals surface area contributed by atoms with Crippen molar-refractivity contribution in [3.05, 3.63) is 126 Å². The van der Waals surface area contributed by atoms with Gasteiger partial charge in [0.15, 0.2) is 35.0 Å². The van der Waals surface area contributed by atoms with Gasteiger partial charge in [-0.3, -0.25) is 9.36 Å². The molecule has 0 aliphatic carbocycles. The zero-order valence-corrected chi connectivity index (χ0v) is 28.9. The van der Waals surface area contributed by atoms with E-state index >= 15 is 0 Å². The molecule has 3 aromatic carbocycles. The molecule has 262 valence electrons. The molecule has 3 aliphatic heterocycles. The van der Waals surface area contributed by atoms with Crippen LogP contribution in [0.5, 0.6) is 11.5 Å². The zero-order chi connectivity index (χ0) is 35.5. The Morgan fingerprint density at radius 2 is 1.71 bits per heavy atom. The molecule has 13 nitrogen and oxygen atoms in total. The van der Waals surface area contributed by atoms with Crippen molar-refractivity contribution in [2.75, 3.05) is 12.3 Å². The molecule has 2 fully saturated rings. The van der Waals surface area contributed by atoms with Crippen LogP contribution in [0.25, 0.3) is 21.7 Å². The third kappa shape index (κ3) is 5.47. The maximum absolute atomic E-state index is 14.0. The summed E-state index contributed by atoms with van der Waals surface area (Å²) in [5.74, 6) is -1.41. The van der Waals surface area contributed by atoms with E-state index in [4.69, 9.17) is 29.4 Å². The molecule has 0 radical (unpaired) electrons. The van der Waals surface area contributed by atoms with Gasteiger partial charge in [0.2, 0.25) is 0 Å². The number of nitrogen functional groups attached to an aromatic ring is 1. The number of nitrogens with zero attached hydrogens (tertiary/aromatic N) is 5. The van der Waals surface area contributed by atoms with Crippen LogP contribution in [0.3, 0.4) is 0 Å². The zero-order valence-electron chi connectivity index (χ0n) is 28.1. The number of anilines is 1. The van der Waals surface area contributed by atoms with E-state index < -0.39 is 36.1 Å². The minimum Gasteiger partial charge on any atom is -0.440 e. The molecule has 3 aliphatic rings. The summed E-state index contributed by atoms with van der Waals surface area (Å²) < 4.78 is 34.3. The van der Waals surface area contributed by atoms with Gasteiger partial charge >= 0.3 is 5.79 Å². The van der Waals surface area contributed by atoms with Gasteiger partial charge in [-0.05, 0) is 26.0 Å². The van der Waals surface area contributed by atoms with Crippen molar-refractivity contribution in [2.45, 2.75) is 50.0 Å². The average molecular weight is 716 g/mol. The minimum atomic E-state index is -1.30. The number of nitrogens with one attached hydrogen (secondary N) is 1. The van der Waals surface area contributed by atoms with Gasteiger partial charge in [0.05, 0.1) is 11.9 Å².